The van der Waals surface area contributed by atoms with Crippen LogP contribution in [-0.2, 0) is 19.4 Å². The second-order valence-corrected chi connectivity index (χ2v) is 7.92. The van der Waals surface area contributed by atoms with E-state index in [0.29, 0.717) is 23.7 Å². The van der Waals surface area contributed by atoms with Gasteiger partial charge in [-0.2, -0.15) is 0 Å². The van der Waals surface area contributed by atoms with Crippen molar-refractivity contribution in [3.8, 4) is 17.1 Å². The standard InChI is InChI=1S/C22H21ClN4O2/c23-15-7-8-18-14(11-15)12-16(13-29-18)25-22(28)20-21(17-5-1-3-9-24-17)27-10-4-2-6-19(27)26-20/h1,3,5,7-9,11,16H,2,4,6,10,12-13H2,(H,25,28). The maximum absolute atomic E-state index is 13.2. The molecule has 4 heterocycles. The molecule has 29 heavy (non-hydrogen) atoms. The van der Waals surface area contributed by atoms with Crippen molar-refractivity contribution >= 4 is 17.5 Å². The van der Waals surface area contributed by atoms with Gasteiger partial charge in [-0.3, -0.25) is 9.78 Å². The number of pyridine rings is 1. The van der Waals surface area contributed by atoms with Gasteiger partial charge >= 0.3 is 0 Å². The molecule has 1 aromatic carbocycles. The molecule has 2 aliphatic rings. The quantitative estimate of drug-likeness (QED) is 0.718. The Kier molecular flexibility index (Phi) is 4.72. The molecule has 5 rings (SSSR count). The summed E-state index contributed by atoms with van der Waals surface area (Å²) in [5, 5.41) is 3.77. The molecule has 1 N–H and O–H groups in total. The number of amides is 1. The normalized spacial score (nSPS) is 17.8. The first kappa shape index (κ1) is 18.2. The Morgan fingerprint density at radius 2 is 2.17 bits per heavy atom. The van der Waals surface area contributed by atoms with Crippen molar-refractivity contribution in [1.82, 2.24) is 19.9 Å². The van der Waals surface area contributed by atoms with Gasteiger partial charge in [-0.05, 0) is 55.2 Å². The SMILES string of the molecule is O=C(NC1COc2ccc(Cl)cc2C1)c1nc2n(c1-c1ccccn1)CCCC2. The van der Waals surface area contributed by atoms with Crippen LogP contribution in [-0.4, -0.2) is 33.1 Å². The van der Waals surface area contributed by atoms with Crippen molar-refractivity contribution in [3.05, 3.63) is 64.7 Å². The minimum atomic E-state index is -0.188. The van der Waals surface area contributed by atoms with Gasteiger partial charge in [0.15, 0.2) is 5.69 Å². The van der Waals surface area contributed by atoms with E-state index in [2.05, 4.69) is 14.9 Å². The molecule has 1 atom stereocenters. The zero-order chi connectivity index (χ0) is 19.8. The van der Waals surface area contributed by atoms with E-state index < -0.39 is 0 Å². The second-order valence-electron chi connectivity index (χ2n) is 7.49. The fourth-order valence-corrected chi connectivity index (χ4v) is 4.31. The average molecular weight is 409 g/mol. The molecule has 0 saturated heterocycles. The first-order chi connectivity index (χ1) is 14.2. The number of carbonyl (C=O) groups is 1. The van der Waals surface area contributed by atoms with Crippen molar-refractivity contribution in [3.63, 3.8) is 0 Å². The monoisotopic (exact) mass is 408 g/mol. The molecule has 0 aliphatic carbocycles. The van der Waals surface area contributed by atoms with Crippen LogP contribution in [0.2, 0.25) is 5.02 Å². The fourth-order valence-electron chi connectivity index (χ4n) is 4.11. The summed E-state index contributed by atoms with van der Waals surface area (Å²) >= 11 is 6.11. The number of nitrogens with zero attached hydrogens (tertiary/aromatic N) is 3. The molecule has 0 spiro atoms. The number of rotatable bonds is 3. The van der Waals surface area contributed by atoms with Crippen LogP contribution in [0, 0.1) is 0 Å². The lowest BCUT2D eigenvalue weighted by molar-refractivity contribution is 0.0911. The van der Waals surface area contributed by atoms with E-state index in [1.165, 1.54) is 0 Å². The van der Waals surface area contributed by atoms with E-state index in [4.69, 9.17) is 21.3 Å². The maximum atomic E-state index is 13.2. The molecule has 0 fully saturated rings. The summed E-state index contributed by atoms with van der Waals surface area (Å²) in [6.45, 7) is 1.28. The summed E-state index contributed by atoms with van der Waals surface area (Å²) in [4.78, 5) is 22.4. The highest BCUT2D eigenvalue weighted by molar-refractivity contribution is 6.30. The number of aryl methyl sites for hydroxylation is 1. The molecular formula is C22H21ClN4O2. The number of fused-ring (bicyclic) bond motifs is 2. The van der Waals surface area contributed by atoms with Crippen LogP contribution < -0.4 is 10.1 Å². The van der Waals surface area contributed by atoms with E-state index in [1.807, 2.05) is 36.4 Å². The first-order valence-electron chi connectivity index (χ1n) is 9.92. The molecule has 0 bridgehead atoms. The molecule has 3 aromatic rings. The molecule has 7 heteroatoms. The lowest BCUT2D eigenvalue weighted by Crippen LogP contribution is -2.43. The highest BCUT2D eigenvalue weighted by Crippen LogP contribution is 2.30. The van der Waals surface area contributed by atoms with Gasteiger partial charge in [0.05, 0.1) is 17.4 Å². The number of ether oxygens (including phenoxy) is 1. The molecule has 6 nitrogen and oxygen atoms in total. The number of imidazole rings is 1. The lowest BCUT2D eigenvalue weighted by atomic mass is 10.0. The summed E-state index contributed by atoms with van der Waals surface area (Å²) < 4.78 is 7.96. The highest BCUT2D eigenvalue weighted by Gasteiger charge is 2.28. The fraction of sp³-hybridized carbons (Fsp3) is 0.318. The predicted molar refractivity (Wildman–Crippen MR) is 110 cm³/mol. The van der Waals surface area contributed by atoms with Gasteiger partial charge in [-0.25, -0.2) is 4.98 Å². The van der Waals surface area contributed by atoms with E-state index in [-0.39, 0.29) is 11.9 Å². The molecule has 0 saturated carbocycles. The van der Waals surface area contributed by atoms with E-state index in [9.17, 15) is 4.79 Å². The summed E-state index contributed by atoms with van der Waals surface area (Å²) in [7, 11) is 0. The van der Waals surface area contributed by atoms with E-state index >= 15 is 0 Å². The van der Waals surface area contributed by atoms with Crippen LogP contribution in [0.1, 0.15) is 34.7 Å². The van der Waals surface area contributed by atoms with Crippen molar-refractivity contribution in [2.45, 2.75) is 38.3 Å². The molecule has 0 radical (unpaired) electrons. The Morgan fingerprint density at radius 1 is 1.24 bits per heavy atom. The Labute approximate surface area is 173 Å². The van der Waals surface area contributed by atoms with Crippen LogP contribution in [0.15, 0.2) is 42.6 Å². The molecular weight excluding hydrogens is 388 g/mol. The average Bonchev–Trinajstić information content (AvgIpc) is 3.14. The van der Waals surface area contributed by atoms with Gasteiger partial charge in [-0.15, -0.1) is 0 Å². The molecule has 2 aliphatic heterocycles. The smallest absolute Gasteiger partial charge is 0.272 e. The van der Waals surface area contributed by atoms with Crippen LogP contribution >= 0.6 is 11.6 Å². The third-order valence-electron chi connectivity index (χ3n) is 5.47. The number of nitrogens with one attached hydrogen (secondary N) is 1. The Balaban J connectivity index is 1.44. The Bertz CT molecular complexity index is 1060. The summed E-state index contributed by atoms with van der Waals surface area (Å²) in [5.74, 6) is 1.59. The van der Waals surface area contributed by atoms with Crippen LogP contribution in [0.3, 0.4) is 0 Å². The summed E-state index contributed by atoms with van der Waals surface area (Å²) in [6.07, 6.45) is 5.47. The largest absolute Gasteiger partial charge is 0.491 e. The zero-order valence-corrected chi connectivity index (χ0v) is 16.7. The van der Waals surface area contributed by atoms with Gasteiger partial charge in [0.1, 0.15) is 18.2 Å². The number of hydrogen-bond donors (Lipinski definition) is 1. The Hall–Kier alpha value is -2.86. The van der Waals surface area contributed by atoms with Crippen LogP contribution in [0.4, 0.5) is 0 Å². The van der Waals surface area contributed by atoms with Crippen molar-refractivity contribution in [1.29, 1.82) is 0 Å². The topological polar surface area (TPSA) is 69.0 Å². The van der Waals surface area contributed by atoms with Gasteiger partial charge in [0, 0.05) is 24.2 Å². The van der Waals surface area contributed by atoms with Gasteiger partial charge < -0.3 is 14.6 Å². The number of halogens is 1. The van der Waals surface area contributed by atoms with E-state index in [0.717, 1.165) is 54.3 Å². The van der Waals surface area contributed by atoms with Crippen molar-refractivity contribution in [2.75, 3.05) is 6.61 Å². The van der Waals surface area contributed by atoms with E-state index in [1.54, 1.807) is 6.20 Å². The van der Waals surface area contributed by atoms with Crippen LogP contribution in [0.5, 0.6) is 5.75 Å². The number of aromatic nitrogens is 3. The summed E-state index contributed by atoms with van der Waals surface area (Å²) in [6, 6.07) is 11.2. The first-order valence-corrected chi connectivity index (χ1v) is 10.3. The molecule has 1 amide bonds. The molecule has 148 valence electrons. The predicted octanol–water partition coefficient (Wildman–Crippen LogP) is 3.67. The Morgan fingerprint density at radius 3 is 3.03 bits per heavy atom. The van der Waals surface area contributed by atoms with Crippen molar-refractivity contribution in [2.24, 2.45) is 0 Å². The third-order valence-corrected chi connectivity index (χ3v) is 5.70. The number of hydrogen-bond acceptors (Lipinski definition) is 4. The summed E-state index contributed by atoms with van der Waals surface area (Å²) in [5.41, 5.74) is 3.02. The third kappa shape index (κ3) is 3.49. The second kappa shape index (κ2) is 7.52. The lowest BCUT2D eigenvalue weighted by Gasteiger charge is -2.26. The minimum Gasteiger partial charge on any atom is -0.491 e. The zero-order valence-electron chi connectivity index (χ0n) is 15.9. The minimum absolute atomic E-state index is 0.135. The highest BCUT2D eigenvalue weighted by atomic mass is 35.5. The molecule has 1 unspecified atom stereocenters. The number of carbonyl (C=O) groups excluding carboxylic acids is 1. The van der Waals surface area contributed by atoms with Gasteiger partial charge in [0.2, 0.25) is 0 Å². The van der Waals surface area contributed by atoms with Gasteiger partial charge in [0.25, 0.3) is 5.91 Å². The van der Waals surface area contributed by atoms with Crippen molar-refractivity contribution < 1.29 is 9.53 Å². The van der Waals surface area contributed by atoms with Gasteiger partial charge in [-0.1, -0.05) is 17.7 Å². The maximum Gasteiger partial charge on any atom is 0.272 e. The number of benzene rings is 1. The molecule has 2 aromatic heterocycles. The van der Waals surface area contributed by atoms with Crippen LogP contribution in [0.25, 0.3) is 11.4 Å².